The third-order valence-electron chi connectivity index (χ3n) is 6.67. The van der Waals surface area contributed by atoms with E-state index >= 15 is 0 Å². The van der Waals surface area contributed by atoms with Gasteiger partial charge in [-0.05, 0) is 48.7 Å². The summed E-state index contributed by atoms with van der Waals surface area (Å²) >= 11 is 12.4. The van der Waals surface area contributed by atoms with Crippen molar-refractivity contribution in [1.29, 1.82) is 0 Å². The highest BCUT2D eigenvalue weighted by Gasteiger charge is 2.35. The SMILES string of the molecule is CC[C@H](C)NC(=O)[C@@H](Cc1ccccc1)N(Cc1ccc(Cl)c(Cl)c1)C(=O)CN(c1ccccc1)S(=O)(=O)N(C)C. The van der Waals surface area contributed by atoms with Gasteiger partial charge >= 0.3 is 10.2 Å². The third kappa shape index (κ3) is 8.69. The fourth-order valence-corrected chi connectivity index (χ4v) is 5.52. The van der Waals surface area contributed by atoms with E-state index in [4.69, 9.17) is 23.2 Å². The van der Waals surface area contributed by atoms with E-state index in [2.05, 4.69) is 5.32 Å². The molecule has 11 heteroatoms. The fourth-order valence-electron chi connectivity index (χ4n) is 4.14. The fraction of sp³-hybridized carbons (Fsp3) is 0.333. The van der Waals surface area contributed by atoms with Gasteiger partial charge in [-0.15, -0.1) is 0 Å². The van der Waals surface area contributed by atoms with Crippen molar-refractivity contribution in [3.63, 3.8) is 0 Å². The minimum atomic E-state index is -4.05. The highest BCUT2D eigenvalue weighted by atomic mass is 35.5. The van der Waals surface area contributed by atoms with E-state index in [-0.39, 0.29) is 24.9 Å². The second-order valence-corrected chi connectivity index (χ2v) is 12.8. The molecule has 0 heterocycles. The third-order valence-corrected chi connectivity index (χ3v) is 9.23. The maximum Gasteiger partial charge on any atom is 0.304 e. The lowest BCUT2D eigenvalue weighted by Crippen LogP contribution is -2.55. The second-order valence-electron chi connectivity index (χ2n) is 9.93. The van der Waals surface area contributed by atoms with Gasteiger partial charge in [0.15, 0.2) is 0 Å². The molecule has 2 amide bonds. The van der Waals surface area contributed by atoms with Crippen molar-refractivity contribution in [3.8, 4) is 0 Å². The van der Waals surface area contributed by atoms with Gasteiger partial charge in [-0.2, -0.15) is 12.7 Å². The summed E-state index contributed by atoms with van der Waals surface area (Å²) in [4.78, 5) is 29.4. The lowest BCUT2D eigenvalue weighted by molar-refractivity contribution is -0.140. The molecule has 0 aliphatic carbocycles. The van der Waals surface area contributed by atoms with Crippen LogP contribution in [-0.2, 0) is 32.8 Å². The van der Waals surface area contributed by atoms with Crippen LogP contribution in [0.4, 0.5) is 5.69 Å². The lowest BCUT2D eigenvalue weighted by atomic mass is 10.0. The molecule has 0 saturated carbocycles. The molecule has 3 rings (SSSR count). The first kappa shape index (κ1) is 32.4. The molecule has 8 nitrogen and oxygen atoms in total. The zero-order chi connectivity index (χ0) is 30.2. The topological polar surface area (TPSA) is 90.0 Å². The molecule has 0 saturated heterocycles. The summed E-state index contributed by atoms with van der Waals surface area (Å²) in [5, 5.41) is 3.67. The molecule has 3 aromatic rings. The molecular formula is C30H36Cl2N4O4S. The maximum absolute atomic E-state index is 14.2. The molecule has 0 bridgehead atoms. The number of halogens is 2. The number of rotatable bonds is 13. The molecule has 0 radical (unpaired) electrons. The Morgan fingerprint density at radius 3 is 2.05 bits per heavy atom. The molecule has 41 heavy (non-hydrogen) atoms. The predicted octanol–water partition coefficient (Wildman–Crippen LogP) is 5.16. The number of nitrogens with one attached hydrogen (secondary N) is 1. The maximum atomic E-state index is 14.2. The van der Waals surface area contributed by atoms with Gasteiger partial charge < -0.3 is 10.2 Å². The van der Waals surface area contributed by atoms with Crippen molar-refractivity contribution in [3.05, 3.63) is 100 Å². The average molecular weight is 620 g/mol. The van der Waals surface area contributed by atoms with Gasteiger partial charge in [0.05, 0.1) is 15.7 Å². The first-order valence-corrected chi connectivity index (χ1v) is 15.4. The molecule has 0 aliphatic rings. The van der Waals surface area contributed by atoms with E-state index in [0.29, 0.717) is 27.7 Å². The average Bonchev–Trinajstić information content (AvgIpc) is 2.95. The van der Waals surface area contributed by atoms with Crippen molar-refractivity contribution < 1.29 is 18.0 Å². The van der Waals surface area contributed by atoms with Crippen LogP contribution in [0, 0.1) is 0 Å². The van der Waals surface area contributed by atoms with E-state index in [0.717, 1.165) is 14.2 Å². The molecule has 0 fully saturated rings. The lowest BCUT2D eigenvalue weighted by Gasteiger charge is -2.35. The Hall–Kier alpha value is -3.11. The van der Waals surface area contributed by atoms with Crippen molar-refractivity contribution in [2.45, 2.75) is 45.3 Å². The van der Waals surface area contributed by atoms with E-state index in [1.807, 2.05) is 44.2 Å². The van der Waals surface area contributed by atoms with Crippen LogP contribution in [-0.4, -0.2) is 62.2 Å². The van der Waals surface area contributed by atoms with Crippen LogP contribution in [0.5, 0.6) is 0 Å². The highest BCUT2D eigenvalue weighted by molar-refractivity contribution is 7.90. The van der Waals surface area contributed by atoms with Gasteiger partial charge in [-0.1, -0.05) is 84.7 Å². The minimum Gasteiger partial charge on any atom is -0.352 e. The summed E-state index contributed by atoms with van der Waals surface area (Å²) < 4.78 is 28.9. The van der Waals surface area contributed by atoms with E-state index in [9.17, 15) is 18.0 Å². The number of amides is 2. The van der Waals surface area contributed by atoms with Gasteiger partial charge in [0, 0.05) is 33.1 Å². The normalized spacial score (nSPS) is 13.0. The van der Waals surface area contributed by atoms with Gasteiger partial charge in [0.2, 0.25) is 11.8 Å². The van der Waals surface area contributed by atoms with Gasteiger partial charge in [0.25, 0.3) is 0 Å². The Kier molecular flexibility index (Phi) is 11.6. The molecule has 0 aliphatic heterocycles. The van der Waals surface area contributed by atoms with Crippen molar-refractivity contribution >= 4 is 50.9 Å². The number of hydrogen-bond donors (Lipinski definition) is 1. The number of carbonyl (C=O) groups excluding carboxylic acids is 2. The van der Waals surface area contributed by atoms with Crippen molar-refractivity contribution in [1.82, 2.24) is 14.5 Å². The van der Waals surface area contributed by atoms with Crippen LogP contribution in [0.2, 0.25) is 10.0 Å². The Balaban J connectivity index is 2.10. The van der Waals surface area contributed by atoms with Crippen LogP contribution < -0.4 is 9.62 Å². The van der Waals surface area contributed by atoms with Crippen LogP contribution in [0.15, 0.2) is 78.9 Å². The van der Waals surface area contributed by atoms with Crippen molar-refractivity contribution in [2.24, 2.45) is 0 Å². The zero-order valence-electron chi connectivity index (χ0n) is 23.6. The van der Waals surface area contributed by atoms with Crippen molar-refractivity contribution in [2.75, 3.05) is 24.9 Å². The molecule has 3 aromatic carbocycles. The zero-order valence-corrected chi connectivity index (χ0v) is 26.0. The molecule has 220 valence electrons. The molecular weight excluding hydrogens is 583 g/mol. The van der Waals surface area contributed by atoms with E-state index in [1.54, 1.807) is 48.5 Å². The largest absolute Gasteiger partial charge is 0.352 e. The summed E-state index contributed by atoms with van der Waals surface area (Å²) in [7, 11) is -1.25. The van der Waals surface area contributed by atoms with E-state index in [1.165, 1.54) is 19.0 Å². The Labute approximate surface area is 253 Å². The van der Waals surface area contributed by atoms with Gasteiger partial charge in [-0.3, -0.25) is 9.59 Å². The highest BCUT2D eigenvalue weighted by Crippen LogP contribution is 2.25. The predicted molar refractivity (Wildman–Crippen MR) is 165 cm³/mol. The summed E-state index contributed by atoms with van der Waals surface area (Å²) in [6.45, 7) is 3.34. The van der Waals surface area contributed by atoms with Gasteiger partial charge in [0.1, 0.15) is 12.6 Å². The monoisotopic (exact) mass is 618 g/mol. The summed E-state index contributed by atoms with van der Waals surface area (Å²) in [6, 6.07) is 21.7. The Morgan fingerprint density at radius 1 is 0.878 bits per heavy atom. The number of para-hydroxylation sites is 1. The van der Waals surface area contributed by atoms with Crippen LogP contribution in [0.25, 0.3) is 0 Å². The molecule has 0 aromatic heterocycles. The number of anilines is 1. The van der Waals surface area contributed by atoms with Gasteiger partial charge in [-0.25, -0.2) is 4.31 Å². The van der Waals surface area contributed by atoms with E-state index < -0.39 is 28.7 Å². The molecule has 2 atom stereocenters. The first-order valence-electron chi connectivity index (χ1n) is 13.3. The number of hydrogen-bond acceptors (Lipinski definition) is 4. The number of benzene rings is 3. The standard InChI is InChI=1S/C30H36Cl2N4O4S/c1-5-22(2)33-30(38)28(19-23-12-8-6-9-13-23)35(20-24-16-17-26(31)27(32)18-24)29(37)21-36(41(39,40)34(3)4)25-14-10-7-11-15-25/h6-18,22,28H,5,19-21H2,1-4H3,(H,33,38)/t22-,28+/m0/s1. The van der Waals surface area contributed by atoms with Crippen LogP contribution >= 0.6 is 23.2 Å². The first-order chi connectivity index (χ1) is 19.4. The molecule has 1 N–H and O–H groups in total. The van der Waals surface area contributed by atoms with Crippen LogP contribution in [0.3, 0.4) is 0 Å². The second kappa shape index (κ2) is 14.7. The summed E-state index contributed by atoms with van der Waals surface area (Å²) in [6.07, 6.45) is 0.926. The summed E-state index contributed by atoms with van der Waals surface area (Å²) in [5.74, 6) is -0.885. The molecule has 0 unspecified atom stereocenters. The van der Waals surface area contributed by atoms with Crippen LogP contribution in [0.1, 0.15) is 31.4 Å². The number of carbonyl (C=O) groups is 2. The minimum absolute atomic E-state index is 0.00574. The molecule has 0 spiro atoms. The Bertz CT molecular complexity index is 1420. The quantitative estimate of drug-likeness (QED) is 0.286. The Morgan fingerprint density at radius 2 is 1.49 bits per heavy atom. The number of nitrogens with zero attached hydrogens (tertiary/aromatic N) is 3. The summed E-state index contributed by atoms with van der Waals surface area (Å²) in [5.41, 5.74) is 1.82. The smallest absolute Gasteiger partial charge is 0.304 e.